The van der Waals surface area contributed by atoms with Crippen LogP contribution in [0, 0.1) is 5.41 Å². The Morgan fingerprint density at radius 3 is 2.76 bits per heavy atom. The van der Waals surface area contributed by atoms with E-state index in [1.165, 1.54) is 31.4 Å². The van der Waals surface area contributed by atoms with Gasteiger partial charge >= 0.3 is 0 Å². The van der Waals surface area contributed by atoms with Gasteiger partial charge in [-0.2, -0.15) is 5.10 Å². The second kappa shape index (κ2) is 5.48. The summed E-state index contributed by atoms with van der Waals surface area (Å²) >= 11 is 3.64. The van der Waals surface area contributed by atoms with Crippen molar-refractivity contribution in [3.63, 3.8) is 0 Å². The average molecular weight is 348 g/mol. The number of rotatable bonds is 2. The Kier molecular flexibility index (Phi) is 3.82. The predicted molar refractivity (Wildman–Crippen MR) is 91.1 cm³/mol. The molecular weight excluding hydrogens is 326 g/mol. The Hall–Kier alpha value is -1.29. The molecule has 1 aromatic heterocycles. The quantitative estimate of drug-likeness (QED) is 0.793. The van der Waals surface area contributed by atoms with Crippen molar-refractivity contribution in [3.05, 3.63) is 34.4 Å². The van der Waals surface area contributed by atoms with Crippen molar-refractivity contribution in [2.75, 3.05) is 5.73 Å². The molecule has 0 aliphatic heterocycles. The van der Waals surface area contributed by atoms with E-state index in [9.17, 15) is 0 Å². The highest BCUT2D eigenvalue weighted by molar-refractivity contribution is 9.10. The minimum absolute atomic E-state index is 0.285. The first kappa shape index (κ1) is 14.6. The summed E-state index contributed by atoms with van der Waals surface area (Å²) in [6.07, 6.45) is 5.05. The number of halogens is 1. The molecule has 1 aliphatic carbocycles. The lowest BCUT2D eigenvalue weighted by Crippen LogP contribution is -2.26. The van der Waals surface area contributed by atoms with E-state index in [1.807, 2.05) is 12.1 Å². The van der Waals surface area contributed by atoms with Gasteiger partial charge in [0.1, 0.15) is 0 Å². The van der Waals surface area contributed by atoms with Crippen LogP contribution < -0.4 is 5.73 Å². The monoisotopic (exact) mass is 347 g/mol. The first-order chi connectivity index (χ1) is 10.0. The summed E-state index contributed by atoms with van der Waals surface area (Å²) in [4.78, 5) is 0. The third-order valence-corrected chi connectivity index (χ3v) is 5.51. The predicted octanol–water partition coefficient (Wildman–Crippen LogP) is 5.11. The van der Waals surface area contributed by atoms with Crippen LogP contribution in [0.2, 0.25) is 0 Å². The summed E-state index contributed by atoms with van der Waals surface area (Å²) in [7, 11) is 0. The summed E-state index contributed by atoms with van der Waals surface area (Å²) in [5.74, 6) is 1.08. The van der Waals surface area contributed by atoms with Crippen LogP contribution in [0.1, 0.15) is 51.1 Å². The van der Waals surface area contributed by atoms with Crippen LogP contribution in [0.25, 0.3) is 11.1 Å². The van der Waals surface area contributed by atoms with Gasteiger partial charge in [-0.15, -0.1) is 0 Å². The summed E-state index contributed by atoms with van der Waals surface area (Å²) < 4.78 is 1.06. The van der Waals surface area contributed by atoms with Crippen LogP contribution in [-0.4, -0.2) is 10.2 Å². The molecule has 1 fully saturated rings. The molecule has 21 heavy (non-hydrogen) atoms. The zero-order valence-corrected chi connectivity index (χ0v) is 14.2. The number of nitrogens with one attached hydrogen (secondary N) is 1. The average Bonchev–Trinajstić information content (AvgIpc) is 2.80. The van der Waals surface area contributed by atoms with E-state index in [1.54, 1.807) is 0 Å². The lowest BCUT2D eigenvalue weighted by molar-refractivity contribution is 0.196. The maximum absolute atomic E-state index is 6.17. The normalized spacial score (nSPS) is 21.4. The third-order valence-electron chi connectivity index (χ3n) is 4.82. The number of benzene rings is 1. The van der Waals surface area contributed by atoms with Gasteiger partial charge < -0.3 is 5.73 Å². The molecule has 1 saturated carbocycles. The Morgan fingerprint density at radius 1 is 1.29 bits per heavy atom. The van der Waals surface area contributed by atoms with Gasteiger partial charge in [0.05, 0.1) is 0 Å². The Morgan fingerprint density at radius 2 is 2.05 bits per heavy atom. The zero-order valence-electron chi connectivity index (χ0n) is 12.6. The van der Waals surface area contributed by atoms with Crippen molar-refractivity contribution >= 4 is 21.7 Å². The van der Waals surface area contributed by atoms with Crippen LogP contribution in [-0.2, 0) is 0 Å². The minimum atomic E-state index is 0.285. The SMILES string of the molecule is CC1(C)CCCCC1c1[nH]nc(N)c1-c1ccccc1Br. The molecule has 0 spiro atoms. The molecule has 4 heteroatoms. The van der Waals surface area contributed by atoms with Gasteiger partial charge in [0.25, 0.3) is 0 Å². The fourth-order valence-electron chi connectivity index (χ4n) is 3.60. The molecule has 3 nitrogen and oxygen atoms in total. The molecule has 1 heterocycles. The molecule has 0 saturated heterocycles. The second-order valence-electron chi connectivity index (χ2n) is 6.66. The largest absolute Gasteiger partial charge is 0.382 e. The number of H-pyrrole nitrogens is 1. The van der Waals surface area contributed by atoms with E-state index in [0.29, 0.717) is 11.7 Å². The van der Waals surface area contributed by atoms with E-state index in [2.05, 4.69) is 52.1 Å². The second-order valence-corrected chi connectivity index (χ2v) is 7.52. The van der Waals surface area contributed by atoms with Crippen LogP contribution in [0.15, 0.2) is 28.7 Å². The van der Waals surface area contributed by atoms with Crippen LogP contribution in [0.3, 0.4) is 0 Å². The molecule has 1 aliphatic rings. The van der Waals surface area contributed by atoms with Gasteiger partial charge in [-0.05, 0) is 24.3 Å². The lowest BCUT2D eigenvalue weighted by atomic mass is 9.67. The Bertz CT molecular complexity index is 645. The topological polar surface area (TPSA) is 54.7 Å². The Labute approximate surface area is 134 Å². The maximum Gasteiger partial charge on any atom is 0.153 e. The molecule has 3 N–H and O–H groups in total. The maximum atomic E-state index is 6.17. The van der Waals surface area contributed by atoms with Crippen molar-refractivity contribution < 1.29 is 0 Å². The summed E-state index contributed by atoms with van der Waals surface area (Å²) in [6.45, 7) is 4.72. The van der Waals surface area contributed by atoms with E-state index in [-0.39, 0.29) is 5.41 Å². The molecular formula is C17H22BrN3. The molecule has 0 radical (unpaired) electrons. The molecule has 2 aromatic rings. The molecule has 1 unspecified atom stereocenters. The van der Waals surface area contributed by atoms with Crippen molar-refractivity contribution in [2.24, 2.45) is 5.41 Å². The van der Waals surface area contributed by atoms with Gasteiger partial charge in [0.15, 0.2) is 5.82 Å². The van der Waals surface area contributed by atoms with E-state index >= 15 is 0 Å². The summed E-state index contributed by atoms with van der Waals surface area (Å²) in [6, 6.07) is 8.22. The number of aromatic nitrogens is 2. The highest BCUT2D eigenvalue weighted by Crippen LogP contribution is 2.49. The smallest absolute Gasteiger partial charge is 0.153 e. The molecule has 112 valence electrons. The summed E-state index contributed by atoms with van der Waals surface area (Å²) in [5, 5.41) is 7.54. The number of anilines is 1. The molecule has 0 amide bonds. The van der Waals surface area contributed by atoms with Gasteiger partial charge in [-0.3, -0.25) is 5.10 Å². The van der Waals surface area contributed by atoms with Crippen molar-refractivity contribution in [1.29, 1.82) is 0 Å². The Balaban J connectivity index is 2.11. The van der Waals surface area contributed by atoms with Crippen LogP contribution in [0.4, 0.5) is 5.82 Å². The van der Waals surface area contributed by atoms with Crippen LogP contribution in [0.5, 0.6) is 0 Å². The molecule has 3 rings (SSSR count). The van der Waals surface area contributed by atoms with E-state index in [4.69, 9.17) is 5.73 Å². The minimum Gasteiger partial charge on any atom is -0.382 e. The van der Waals surface area contributed by atoms with Crippen LogP contribution >= 0.6 is 15.9 Å². The fourth-order valence-corrected chi connectivity index (χ4v) is 4.08. The molecule has 0 bridgehead atoms. The number of nitrogens with two attached hydrogens (primary N) is 1. The van der Waals surface area contributed by atoms with Crippen molar-refractivity contribution in [1.82, 2.24) is 10.2 Å². The highest BCUT2D eigenvalue weighted by atomic mass is 79.9. The van der Waals surface area contributed by atoms with Gasteiger partial charge in [-0.25, -0.2) is 0 Å². The van der Waals surface area contributed by atoms with Gasteiger partial charge in [0.2, 0.25) is 0 Å². The highest BCUT2D eigenvalue weighted by Gasteiger charge is 2.36. The number of hydrogen-bond acceptors (Lipinski definition) is 2. The first-order valence-corrected chi connectivity index (χ1v) is 8.38. The molecule has 1 atom stereocenters. The number of nitrogens with zero attached hydrogens (tertiary/aromatic N) is 1. The zero-order chi connectivity index (χ0) is 15.0. The number of aromatic amines is 1. The third kappa shape index (κ3) is 2.61. The number of hydrogen-bond donors (Lipinski definition) is 2. The first-order valence-electron chi connectivity index (χ1n) is 7.59. The van der Waals surface area contributed by atoms with Crippen molar-refractivity contribution in [2.45, 2.75) is 45.4 Å². The van der Waals surface area contributed by atoms with E-state index < -0.39 is 0 Å². The summed E-state index contributed by atoms with van der Waals surface area (Å²) in [5.41, 5.74) is 9.85. The fraction of sp³-hybridized carbons (Fsp3) is 0.471. The van der Waals surface area contributed by atoms with Gasteiger partial charge in [0, 0.05) is 27.2 Å². The number of nitrogen functional groups attached to an aromatic ring is 1. The molecule has 1 aromatic carbocycles. The van der Waals surface area contributed by atoms with Crippen molar-refractivity contribution in [3.8, 4) is 11.1 Å². The standard InChI is InChI=1S/C17H22BrN3/c1-17(2)10-6-5-8-12(17)15-14(16(19)21-20-15)11-7-3-4-9-13(11)18/h3-4,7,9,12H,5-6,8,10H2,1-2H3,(H3,19,20,21). The van der Waals surface area contributed by atoms with Gasteiger partial charge in [-0.1, -0.05) is 60.8 Å². The van der Waals surface area contributed by atoms with E-state index in [0.717, 1.165) is 15.6 Å². The lowest BCUT2D eigenvalue weighted by Gasteiger charge is -2.38.